The molecule has 4 N–H and O–H groups in total. The van der Waals surface area contributed by atoms with E-state index in [1.165, 1.54) is 28.5 Å². The van der Waals surface area contributed by atoms with E-state index >= 15 is 0 Å². The minimum absolute atomic E-state index is 0.101. The maximum Gasteiger partial charge on any atom is 0.281 e. The number of piperidine rings is 1. The maximum atomic E-state index is 12.0. The van der Waals surface area contributed by atoms with Crippen molar-refractivity contribution in [2.45, 2.75) is 31.7 Å². The molecule has 4 rings (SSSR count). The molecule has 1 unspecified atom stereocenters. The molecule has 1 saturated heterocycles. The molecule has 0 bridgehead atoms. The summed E-state index contributed by atoms with van der Waals surface area (Å²) in [5, 5.41) is 13.8. The maximum absolute atomic E-state index is 12.0. The molecule has 2 aliphatic heterocycles. The van der Waals surface area contributed by atoms with Crippen molar-refractivity contribution in [3.8, 4) is 5.75 Å². The first kappa shape index (κ1) is 19.5. The van der Waals surface area contributed by atoms with Gasteiger partial charge in [-0.2, -0.15) is 0 Å². The minimum Gasteiger partial charge on any atom is -0.506 e. The van der Waals surface area contributed by atoms with Gasteiger partial charge in [0.2, 0.25) is 0 Å². The molecule has 0 aromatic heterocycles. The van der Waals surface area contributed by atoms with Crippen LogP contribution in [-0.4, -0.2) is 40.6 Å². The standard InChI is InChI=1S/C21H24BrN3O2S/c1-28-21(27)25-6-4-12(5-7-25)19-16-10-17(23)18(26)9-13(16)2-3-14-8-15(22)11-24-20(14)19/h8-11,20,24,26H,2-7,23H2,1H3. The molecule has 1 atom stereocenters. The number of halogens is 1. The van der Waals surface area contributed by atoms with Gasteiger partial charge in [-0.1, -0.05) is 17.3 Å². The van der Waals surface area contributed by atoms with Gasteiger partial charge in [0.15, 0.2) is 0 Å². The summed E-state index contributed by atoms with van der Waals surface area (Å²) in [7, 11) is 0. The monoisotopic (exact) mass is 461 g/mol. The number of fused-ring (bicyclic) bond motifs is 2. The predicted octanol–water partition coefficient (Wildman–Crippen LogP) is 4.39. The highest BCUT2D eigenvalue weighted by molar-refractivity contribution is 9.11. The number of carbonyl (C=O) groups excluding carboxylic acids is 1. The lowest BCUT2D eigenvalue weighted by Gasteiger charge is -2.33. The van der Waals surface area contributed by atoms with Crippen LogP contribution in [0.1, 0.15) is 30.4 Å². The molecule has 1 amide bonds. The molecule has 148 valence electrons. The summed E-state index contributed by atoms with van der Waals surface area (Å²) in [6.07, 6.45) is 9.53. The average molecular weight is 462 g/mol. The number of benzene rings is 1. The molecule has 3 aliphatic rings. The summed E-state index contributed by atoms with van der Waals surface area (Å²) in [5.41, 5.74) is 12.7. The molecule has 1 aromatic carbocycles. The third-order valence-electron chi connectivity index (χ3n) is 5.78. The first-order chi connectivity index (χ1) is 13.5. The van der Waals surface area contributed by atoms with E-state index < -0.39 is 0 Å². The molecule has 1 aromatic rings. The Bertz CT molecular complexity index is 912. The number of rotatable bonds is 0. The van der Waals surface area contributed by atoms with Gasteiger partial charge in [-0.25, -0.2) is 0 Å². The van der Waals surface area contributed by atoms with E-state index in [1.807, 2.05) is 29.5 Å². The van der Waals surface area contributed by atoms with Crippen LogP contribution in [0.2, 0.25) is 0 Å². The normalized spacial score (nSPS) is 21.8. The Labute approximate surface area is 177 Å². The number of carbonyl (C=O) groups is 1. The fraction of sp³-hybridized carbons (Fsp3) is 0.381. The first-order valence-electron chi connectivity index (χ1n) is 9.46. The summed E-state index contributed by atoms with van der Waals surface area (Å²) in [5.74, 6) is 0.148. The zero-order valence-corrected chi connectivity index (χ0v) is 18.2. The van der Waals surface area contributed by atoms with Crippen LogP contribution in [0, 0.1) is 0 Å². The van der Waals surface area contributed by atoms with Crippen molar-refractivity contribution in [3.05, 3.63) is 51.2 Å². The van der Waals surface area contributed by atoms with Crippen LogP contribution in [0.15, 0.2) is 40.0 Å². The topological polar surface area (TPSA) is 78.6 Å². The number of nitrogen functional groups attached to an aromatic ring is 1. The lowest BCUT2D eigenvalue weighted by molar-refractivity contribution is 0.219. The van der Waals surface area contributed by atoms with Crippen LogP contribution in [0.3, 0.4) is 0 Å². The number of aromatic hydroxyl groups is 1. The largest absolute Gasteiger partial charge is 0.506 e. The lowest BCUT2D eigenvalue weighted by atomic mass is 9.84. The number of dihydropyridines is 1. The highest BCUT2D eigenvalue weighted by Crippen LogP contribution is 2.42. The van der Waals surface area contributed by atoms with Crippen LogP contribution < -0.4 is 11.1 Å². The summed E-state index contributed by atoms with van der Waals surface area (Å²) >= 11 is 4.86. The van der Waals surface area contributed by atoms with Crippen molar-refractivity contribution < 1.29 is 9.90 Å². The fourth-order valence-corrected chi connectivity index (χ4v) is 5.22. The SMILES string of the molecule is CSC(=O)N1CCC(=C2c3cc(N)c(O)cc3CCC3=CC(Br)=CNC32)CC1. The number of thioether (sulfide) groups is 1. The van der Waals surface area contributed by atoms with E-state index in [9.17, 15) is 9.90 Å². The number of anilines is 1. The number of nitrogens with one attached hydrogen (secondary N) is 1. The van der Waals surface area contributed by atoms with Crippen LogP contribution in [0.5, 0.6) is 5.75 Å². The van der Waals surface area contributed by atoms with Gasteiger partial charge in [0.05, 0.1) is 11.7 Å². The third kappa shape index (κ3) is 3.57. The Hall–Kier alpha value is -1.86. The van der Waals surface area contributed by atoms with Crippen molar-refractivity contribution >= 4 is 44.2 Å². The number of hydrogen-bond acceptors (Lipinski definition) is 5. The smallest absolute Gasteiger partial charge is 0.281 e. The van der Waals surface area contributed by atoms with Gasteiger partial charge in [-0.15, -0.1) is 0 Å². The fourth-order valence-electron chi connectivity index (χ4n) is 4.35. The van der Waals surface area contributed by atoms with E-state index in [0.29, 0.717) is 5.69 Å². The molecule has 1 fully saturated rings. The highest BCUT2D eigenvalue weighted by Gasteiger charge is 2.31. The number of phenolic OH excluding ortho intramolecular Hbond substituents is 1. The molecule has 7 heteroatoms. The number of nitrogens with two attached hydrogens (primary N) is 1. The predicted molar refractivity (Wildman–Crippen MR) is 119 cm³/mol. The van der Waals surface area contributed by atoms with E-state index in [1.54, 1.807) is 0 Å². The molecule has 0 spiro atoms. The lowest BCUT2D eigenvalue weighted by Crippen LogP contribution is -2.36. The van der Waals surface area contributed by atoms with Crippen LogP contribution >= 0.6 is 27.7 Å². The second-order valence-corrected chi connectivity index (χ2v) is 9.06. The van der Waals surface area contributed by atoms with Crippen LogP contribution in [0.25, 0.3) is 5.57 Å². The second kappa shape index (κ2) is 7.87. The van der Waals surface area contributed by atoms with Gasteiger partial charge in [0, 0.05) is 23.8 Å². The minimum atomic E-state index is 0.101. The molecule has 5 nitrogen and oxygen atoms in total. The molecule has 0 radical (unpaired) electrons. The Kier molecular flexibility index (Phi) is 5.47. The van der Waals surface area contributed by atoms with E-state index in [0.717, 1.165) is 54.4 Å². The second-order valence-electron chi connectivity index (χ2n) is 7.39. The van der Waals surface area contributed by atoms with Gasteiger partial charge < -0.3 is 21.1 Å². The third-order valence-corrected chi connectivity index (χ3v) is 6.84. The summed E-state index contributed by atoms with van der Waals surface area (Å²) in [4.78, 5) is 14.0. The van der Waals surface area contributed by atoms with Crippen LogP contribution in [0.4, 0.5) is 10.5 Å². The number of allylic oxidation sites excluding steroid dienone is 2. The number of phenols is 1. The number of aryl methyl sites for hydroxylation is 1. The van der Waals surface area contributed by atoms with Crippen molar-refractivity contribution in [2.24, 2.45) is 0 Å². The first-order valence-corrected chi connectivity index (χ1v) is 11.5. The van der Waals surface area contributed by atoms with Crippen molar-refractivity contribution in [1.29, 1.82) is 0 Å². The zero-order valence-electron chi connectivity index (χ0n) is 15.8. The van der Waals surface area contributed by atoms with Gasteiger partial charge >= 0.3 is 0 Å². The van der Waals surface area contributed by atoms with Crippen molar-refractivity contribution in [3.63, 3.8) is 0 Å². The number of hydrogen-bond donors (Lipinski definition) is 3. The Morgan fingerprint density at radius 1 is 1.29 bits per heavy atom. The van der Waals surface area contributed by atoms with Gasteiger partial charge in [0.1, 0.15) is 5.75 Å². The zero-order chi connectivity index (χ0) is 19.8. The van der Waals surface area contributed by atoms with E-state index in [2.05, 4.69) is 27.3 Å². The van der Waals surface area contributed by atoms with Gasteiger partial charge in [-0.05, 0) is 88.4 Å². The van der Waals surface area contributed by atoms with Crippen LogP contribution in [-0.2, 0) is 6.42 Å². The van der Waals surface area contributed by atoms with Crippen molar-refractivity contribution in [2.75, 3.05) is 25.1 Å². The summed E-state index contributed by atoms with van der Waals surface area (Å²) < 4.78 is 1.04. The van der Waals surface area contributed by atoms with Gasteiger partial charge in [0.25, 0.3) is 5.24 Å². The molecular formula is C21H24BrN3O2S. The number of nitrogens with zero attached hydrogens (tertiary/aromatic N) is 1. The summed E-state index contributed by atoms with van der Waals surface area (Å²) in [6, 6.07) is 3.84. The number of likely N-dealkylation sites (tertiary alicyclic amines) is 1. The molecule has 28 heavy (non-hydrogen) atoms. The van der Waals surface area contributed by atoms with E-state index in [4.69, 9.17) is 5.73 Å². The summed E-state index contributed by atoms with van der Waals surface area (Å²) in [6.45, 7) is 1.49. The quantitative estimate of drug-likeness (QED) is 0.394. The Balaban J connectivity index is 1.79. The van der Waals surface area contributed by atoms with E-state index in [-0.39, 0.29) is 17.0 Å². The average Bonchev–Trinajstić information content (AvgIpc) is 2.84. The number of amides is 1. The Morgan fingerprint density at radius 2 is 2.04 bits per heavy atom. The molecule has 1 aliphatic carbocycles. The molecule has 2 heterocycles. The molecule has 0 saturated carbocycles. The van der Waals surface area contributed by atoms with Crippen molar-refractivity contribution in [1.82, 2.24) is 10.2 Å². The molecular weight excluding hydrogens is 438 g/mol. The van der Waals surface area contributed by atoms with Gasteiger partial charge in [-0.3, -0.25) is 4.79 Å². The Morgan fingerprint density at radius 3 is 2.75 bits per heavy atom. The highest BCUT2D eigenvalue weighted by atomic mass is 79.9.